The van der Waals surface area contributed by atoms with Gasteiger partial charge in [0.05, 0.1) is 17.2 Å². The molecule has 20 heavy (non-hydrogen) atoms. The number of ether oxygens (including phenoxy) is 1. The van der Waals surface area contributed by atoms with E-state index in [1.165, 1.54) is 0 Å². The van der Waals surface area contributed by atoms with Gasteiger partial charge in [0.25, 0.3) is 0 Å². The molecule has 1 aromatic rings. The van der Waals surface area contributed by atoms with Crippen LogP contribution in [0, 0.1) is 0 Å². The van der Waals surface area contributed by atoms with Gasteiger partial charge in [-0.3, -0.25) is 0 Å². The molecule has 3 nitrogen and oxygen atoms in total. The second kappa shape index (κ2) is 6.51. The van der Waals surface area contributed by atoms with Crippen molar-refractivity contribution in [2.45, 2.75) is 19.8 Å². The molecule has 1 aliphatic heterocycles. The lowest BCUT2D eigenvalue weighted by Crippen LogP contribution is -2.17. The molecule has 2 rings (SSSR count). The largest absolute Gasteiger partial charge is 0.462 e. The molecular weight excluding hydrogens is 297 g/mol. The van der Waals surface area contributed by atoms with Crippen molar-refractivity contribution in [2.24, 2.45) is 0 Å². The maximum Gasteiger partial charge on any atom is 0.340 e. The van der Waals surface area contributed by atoms with E-state index in [9.17, 15) is 4.79 Å². The zero-order chi connectivity index (χ0) is 14.7. The van der Waals surface area contributed by atoms with Crippen molar-refractivity contribution in [1.82, 2.24) is 4.90 Å². The van der Waals surface area contributed by atoms with E-state index in [0.717, 1.165) is 25.1 Å². The fraction of sp³-hybridized carbons (Fsp3) is 0.400. The van der Waals surface area contributed by atoms with Gasteiger partial charge in [0.15, 0.2) is 0 Å². The highest BCUT2D eigenvalue weighted by atomic mass is 35.5. The third-order valence-electron chi connectivity index (χ3n) is 3.34. The van der Waals surface area contributed by atoms with E-state index in [2.05, 4.69) is 4.90 Å². The Kier molecular flexibility index (Phi) is 4.95. The molecule has 1 aromatic carbocycles. The molecular formula is C15H17Cl2NO2. The molecule has 0 N–H and O–H groups in total. The number of nitrogens with zero attached hydrogens (tertiary/aromatic N) is 1. The average molecular weight is 314 g/mol. The van der Waals surface area contributed by atoms with Gasteiger partial charge in [-0.1, -0.05) is 29.3 Å². The summed E-state index contributed by atoms with van der Waals surface area (Å²) in [5.74, 6) is -0.333. The number of benzene rings is 1. The molecule has 1 aliphatic rings. The van der Waals surface area contributed by atoms with Crippen LogP contribution in [-0.4, -0.2) is 31.1 Å². The Bertz CT molecular complexity index is 555. The molecule has 0 amide bonds. The second-order valence-electron chi connectivity index (χ2n) is 4.69. The third kappa shape index (κ3) is 3.10. The van der Waals surface area contributed by atoms with Gasteiger partial charge in [0.1, 0.15) is 0 Å². The van der Waals surface area contributed by atoms with Crippen molar-refractivity contribution in [3.63, 3.8) is 0 Å². The molecule has 0 atom stereocenters. The van der Waals surface area contributed by atoms with Crippen LogP contribution in [0.2, 0.25) is 10.0 Å². The summed E-state index contributed by atoms with van der Waals surface area (Å²) in [6, 6.07) is 5.15. The lowest BCUT2D eigenvalue weighted by atomic mass is 10.0. The van der Waals surface area contributed by atoms with E-state index in [4.69, 9.17) is 27.9 Å². The zero-order valence-corrected chi connectivity index (χ0v) is 13.1. The number of allylic oxidation sites excluding steroid dienone is 1. The minimum atomic E-state index is -0.333. The minimum Gasteiger partial charge on any atom is -0.462 e. The van der Waals surface area contributed by atoms with Crippen molar-refractivity contribution in [3.05, 3.63) is 39.5 Å². The smallest absolute Gasteiger partial charge is 0.340 e. The van der Waals surface area contributed by atoms with Gasteiger partial charge in [-0.25, -0.2) is 4.79 Å². The van der Waals surface area contributed by atoms with Crippen molar-refractivity contribution in [1.29, 1.82) is 0 Å². The number of halogens is 2. The summed E-state index contributed by atoms with van der Waals surface area (Å²) in [6.45, 7) is 3.07. The van der Waals surface area contributed by atoms with Gasteiger partial charge >= 0.3 is 5.97 Å². The fourth-order valence-corrected chi connectivity index (χ4v) is 2.91. The Morgan fingerprint density at radius 2 is 2.15 bits per heavy atom. The Labute approximate surface area is 129 Å². The standard InChI is InChI=1S/C15H17Cl2NO2/c1-3-20-15(19)14(13-5-4-8-18(13)2)11-7-6-10(16)9-12(11)17/h6-7,9H,3-5,8H2,1-2H3/b14-13-. The predicted octanol–water partition coefficient (Wildman–Crippen LogP) is 3.99. The van der Waals surface area contributed by atoms with Crippen LogP contribution in [0.25, 0.3) is 5.57 Å². The summed E-state index contributed by atoms with van der Waals surface area (Å²) in [4.78, 5) is 14.4. The summed E-state index contributed by atoms with van der Waals surface area (Å²) in [5.41, 5.74) is 2.21. The molecule has 0 aromatic heterocycles. The van der Waals surface area contributed by atoms with Crippen molar-refractivity contribution in [3.8, 4) is 0 Å². The van der Waals surface area contributed by atoms with E-state index in [-0.39, 0.29) is 5.97 Å². The number of likely N-dealkylation sites (tertiary alicyclic amines) is 1. The minimum absolute atomic E-state index is 0.333. The molecule has 0 bridgehead atoms. The van der Waals surface area contributed by atoms with E-state index < -0.39 is 0 Å². The lowest BCUT2D eigenvalue weighted by Gasteiger charge is -2.18. The number of esters is 1. The van der Waals surface area contributed by atoms with E-state index >= 15 is 0 Å². The quantitative estimate of drug-likeness (QED) is 0.624. The molecule has 0 unspecified atom stereocenters. The first-order valence-electron chi connectivity index (χ1n) is 6.61. The Hall–Kier alpha value is -1.19. The first-order chi connectivity index (χ1) is 9.54. The van der Waals surface area contributed by atoms with Gasteiger partial charge in [-0.15, -0.1) is 0 Å². The topological polar surface area (TPSA) is 29.5 Å². The Balaban J connectivity index is 2.54. The highest BCUT2D eigenvalue weighted by Gasteiger charge is 2.26. The van der Waals surface area contributed by atoms with Gasteiger partial charge in [0, 0.05) is 29.9 Å². The first kappa shape index (κ1) is 15.2. The van der Waals surface area contributed by atoms with Crippen LogP contribution in [0.4, 0.5) is 0 Å². The molecule has 0 saturated carbocycles. The summed E-state index contributed by atoms with van der Waals surface area (Å²) in [5, 5.41) is 1.01. The summed E-state index contributed by atoms with van der Waals surface area (Å²) >= 11 is 12.2. The summed E-state index contributed by atoms with van der Waals surface area (Å²) in [7, 11) is 1.98. The Morgan fingerprint density at radius 1 is 1.40 bits per heavy atom. The van der Waals surface area contributed by atoms with Crippen LogP contribution < -0.4 is 0 Å². The molecule has 1 heterocycles. The Morgan fingerprint density at radius 3 is 2.70 bits per heavy atom. The highest BCUT2D eigenvalue weighted by Crippen LogP contribution is 2.34. The highest BCUT2D eigenvalue weighted by molar-refractivity contribution is 6.37. The lowest BCUT2D eigenvalue weighted by molar-refractivity contribution is -0.136. The zero-order valence-electron chi connectivity index (χ0n) is 11.6. The molecule has 0 radical (unpaired) electrons. The maximum absolute atomic E-state index is 12.3. The molecule has 5 heteroatoms. The normalized spacial score (nSPS) is 17.3. The van der Waals surface area contributed by atoms with E-state index in [1.54, 1.807) is 25.1 Å². The number of hydrogen-bond acceptors (Lipinski definition) is 3. The first-order valence-corrected chi connectivity index (χ1v) is 7.37. The molecule has 0 spiro atoms. The van der Waals surface area contributed by atoms with Gasteiger partial charge in [-0.2, -0.15) is 0 Å². The van der Waals surface area contributed by atoms with Crippen LogP contribution in [0.1, 0.15) is 25.3 Å². The van der Waals surface area contributed by atoms with Crippen molar-refractivity contribution in [2.75, 3.05) is 20.2 Å². The molecule has 108 valence electrons. The molecule has 1 saturated heterocycles. The van der Waals surface area contributed by atoms with Crippen LogP contribution in [0.3, 0.4) is 0 Å². The SMILES string of the molecule is CCOC(=O)/C(=C1/CCCN1C)c1ccc(Cl)cc1Cl. The van der Waals surface area contributed by atoms with Gasteiger partial charge in [-0.05, 0) is 31.9 Å². The number of rotatable bonds is 3. The van der Waals surface area contributed by atoms with Crippen LogP contribution in [0.15, 0.2) is 23.9 Å². The van der Waals surface area contributed by atoms with Crippen LogP contribution >= 0.6 is 23.2 Å². The number of hydrogen-bond donors (Lipinski definition) is 0. The maximum atomic E-state index is 12.3. The van der Waals surface area contributed by atoms with Gasteiger partial charge < -0.3 is 9.64 Å². The molecule has 0 aliphatic carbocycles. The monoisotopic (exact) mass is 313 g/mol. The van der Waals surface area contributed by atoms with Crippen LogP contribution in [0.5, 0.6) is 0 Å². The van der Waals surface area contributed by atoms with E-state index in [0.29, 0.717) is 27.8 Å². The fourth-order valence-electron chi connectivity index (χ4n) is 2.40. The van der Waals surface area contributed by atoms with E-state index in [1.807, 2.05) is 7.05 Å². The summed E-state index contributed by atoms with van der Waals surface area (Å²) in [6.07, 6.45) is 1.88. The van der Waals surface area contributed by atoms with Crippen molar-refractivity contribution < 1.29 is 9.53 Å². The summed E-state index contributed by atoms with van der Waals surface area (Å²) < 4.78 is 5.19. The van der Waals surface area contributed by atoms with Crippen molar-refractivity contribution >= 4 is 34.7 Å². The average Bonchev–Trinajstić information content (AvgIpc) is 2.79. The number of carbonyl (C=O) groups is 1. The number of carbonyl (C=O) groups excluding carboxylic acids is 1. The third-order valence-corrected chi connectivity index (χ3v) is 3.88. The molecule has 1 fully saturated rings. The second-order valence-corrected chi connectivity index (χ2v) is 5.54. The van der Waals surface area contributed by atoms with Crippen LogP contribution in [-0.2, 0) is 9.53 Å². The predicted molar refractivity (Wildman–Crippen MR) is 81.9 cm³/mol. The van der Waals surface area contributed by atoms with Gasteiger partial charge in [0.2, 0.25) is 0 Å².